The molecule has 1 N–H and O–H groups in total. The number of phenols is 1. The summed E-state index contributed by atoms with van der Waals surface area (Å²) in [5, 5.41) is 17.3. The van der Waals surface area contributed by atoms with E-state index in [1.54, 1.807) is 0 Å². The van der Waals surface area contributed by atoms with Gasteiger partial charge < -0.3 is 5.11 Å². The Hall–Kier alpha value is -1.08. The molecular formula is C8H5BrFNO. The van der Waals surface area contributed by atoms with E-state index in [9.17, 15) is 4.39 Å². The van der Waals surface area contributed by atoms with Gasteiger partial charge in [0.15, 0.2) is 11.6 Å². The maximum atomic E-state index is 12.6. The molecule has 0 aliphatic rings. The molecule has 4 heteroatoms. The average molecular weight is 230 g/mol. The van der Waals surface area contributed by atoms with E-state index in [1.807, 2.05) is 6.07 Å². The maximum absolute atomic E-state index is 12.6. The molecule has 0 saturated carbocycles. The number of aromatic hydroxyl groups is 1. The van der Waals surface area contributed by atoms with Crippen LogP contribution in [-0.2, 0) is 6.42 Å². The Bertz CT molecular complexity index is 346. The molecule has 1 aromatic carbocycles. The van der Waals surface area contributed by atoms with Crippen LogP contribution in [0.1, 0.15) is 5.56 Å². The third-order valence-corrected chi connectivity index (χ3v) is 2.12. The fourth-order valence-electron chi connectivity index (χ4n) is 0.801. The standard InChI is InChI=1S/C8H5BrFNO/c9-6-4-7(10)8(12)3-5(6)1-2-11/h3-4,12H,1H2. The molecule has 0 spiro atoms. The first kappa shape index (κ1) is 9.01. The van der Waals surface area contributed by atoms with Gasteiger partial charge in [-0.15, -0.1) is 0 Å². The number of halogens is 2. The summed E-state index contributed by atoms with van der Waals surface area (Å²) in [5.41, 5.74) is 0.580. The average Bonchev–Trinajstić information content (AvgIpc) is 2.01. The van der Waals surface area contributed by atoms with Gasteiger partial charge in [-0.1, -0.05) is 15.9 Å². The van der Waals surface area contributed by atoms with Gasteiger partial charge in [0.05, 0.1) is 12.5 Å². The van der Waals surface area contributed by atoms with Crippen molar-refractivity contribution in [3.8, 4) is 11.8 Å². The van der Waals surface area contributed by atoms with Crippen molar-refractivity contribution < 1.29 is 9.50 Å². The van der Waals surface area contributed by atoms with Gasteiger partial charge in [-0.25, -0.2) is 4.39 Å². The molecule has 62 valence electrons. The van der Waals surface area contributed by atoms with Gasteiger partial charge >= 0.3 is 0 Å². The van der Waals surface area contributed by atoms with Crippen LogP contribution in [0.4, 0.5) is 4.39 Å². The van der Waals surface area contributed by atoms with Crippen LogP contribution in [0.15, 0.2) is 16.6 Å². The van der Waals surface area contributed by atoms with E-state index in [2.05, 4.69) is 15.9 Å². The summed E-state index contributed by atoms with van der Waals surface area (Å²) < 4.78 is 13.1. The molecule has 0 bridgehead atoms. The Labute approximate surface area is 77.4 Å². The molecular weight excluding hydrogens is 225 g/mol. The highest BCUT2D eigenvalue weighted by Crippen LogP contribution is 2.25. The molecule has 1 aromatic rings. The monoisotopic (exact) mass is 229 g/mol. The van der Waals surface area contributed by atoms with Crippen LogP contribution in [0.25, 0.3) is 0 Å². The van der Waals surface area contributed by atoms with Crippen molar-refractivity contribution in [3.05, 3.63) is 28.0 Å². The zero-order valence-corrected chi connectivity index (χ0v) is 7.60. The third-order valence-electron chi connectivity index (χ3n) is 1.39. The van der Waals surface area contributed by atoms with Crippen molar-refractivity contribution in [1.82, 2.24) is 0 Å². The number of rotatable bonds is 1. The number of benzene rings is 1. The minimum atomic E-state index is -0.691. The summed E-state index contributed by atoms with van der Waals surface area (Å²) in [5.74, 6) is -1.12. The van der Waals surface area contributed by atoms with Crippen LogP contribution in [-0.4, -0.2) is 5.11 Å². The summed E-state index contributed by atoms with van der Waals surface area (Å²) >= 11 is 3.08. The van der Waals surface area contributed by atoms with E-state index in [-0.39, 0.29) is 6.42 Å². The number of nitrogens with zero attached hydrogens (tertiary/aromatic N) is 1. The second-order valence-electron chi connectivity index (χ2n) is 2.23. The van der Waals surface area contributed by atoms with Crippen LogP contribution in [0.5, 0.6) is 5.75 Å². The van der Waals surface area contributed by atoms with Crippen molar-refractivity contribution in [2.75, 3.05) is 0 Å². The van der Waals surface area contributed by atoms with Gasteiger partial charge in [-0.3, -0.25) is 0 Å². The topological polar surface area (TPSA) is 44.0 Å². The number of nitriles is 1. The Morgan fingerprint density at radius 3 is 2.83 bits per heavy atom. The molecule has 2 nitrogen and oxygen atoms in total. The van der Waals surface area contributed by atoms with Crippen LogP contribution < -0.4 is 0 Å². The fraction of sp³-hybridized carbons (Fsp3) is 0.125. The lowest BCUT2D eigenvalue weighted by atomic mass is 10.1. The fourth-order valence-corrected chi connectivity index (χ4v) is 1.26. The Morgan fingerprint density at radius 1 is 1.58 bits per heavy atom. The maximum Gasteiger partial charge on any atom is 0.165 e. The molecule has 1 rings (SSSR count). The van der Waals surface area contributed by atoms with Gasteiger partial charge in [-0.2, -0.15) is 5.26 Å². The van der Waals surface area contributed by atoms with Gasteiger partial charge in [0.25, 0.3) is 0 Å². The first-order valence-corrected chi connectivity index (χ1v) is 3.98. The summed E-state index contributed by atoms with van der Waals surface area (Å²) in [6, 6.07) is 4.29. The number of hydrogen-bond acceptors (Lipinski definition) is 2. The quantitative estimate of drug-likeness (QED) is 0.804. The largest absolute Gasteiger partial charge is 0.505 e. The lowest BCUT2D eigenvalue weighted by Crippen LogP contribution is -1.86. The molecule has 0 saturated heterocycles. The highest BCUT2D eigenvalue weighted by Gasteiger charge is 2.06. The summed E-state index contributed by atoms with van der Waals surface area (Å²) in [4.78, 5) is 0. The molecule has 0 fully saturated rings. The SMILES string of the molecule is N#CCc1cc(O)c(F)cc1Br. The van der Waals surface area contributed by atoms with Crippen LogP contribution in [0.3, 0.4) is 0 Å². The highest BCUT2D eigenvalue weighted by atomic mass is 79.9. The van der Waals surface area contributed by atoms with Crippen molar-refractivity contribution in [2.45, 2.75) is 6.42 Å². The smallest absolute Gasteiger partial charge is 0.165 e. The first-order chi connectivity index (χ1) is 5.65. The number of phenolic OH excluding ortho intramolecular Hbond substituents is 1. The third kappa shape index (κ3) is 1.74. The van der Waals surface area contributed by atoms with Crippen molar-refractivity contribution >= 4 is 15.9 Å². The molecule has 0 aliphatic heterocycles. The normalized spacial score (nSPS) is 9.42. The molecule has 12 heavy (non-hydrogen) atoms. The second-order valence-corrected chi connectivity index (χ2v) is 3.08. The summed E-state index contributed by atoms with van der Waals surface area (Å²) in [6.07, 6.45) is 0.147. The van der Waals surface area contributed by atoms with Gasteiger partial charge in [0, 0.05) is 4.47 Å². The first-order valence-electron chi connectivity index (χ1n) is 3.19. The molecule has 0 atom stereocenters. The lowest BCUT2D eigenvalue weighted by Gasteiger charge is -2.01. The second kappa shape index (κ2) is 3.55. The van der Waals surface area contributed by atoms with E-state index in [1.165, 1.54) is 6.07 Å². The zero-order valence-electron chi connectivity index (χ0n) is 6.01. The molecule has 0 radical (unpaired) electrons. The van der Waals surface area contributed by atoms with Gasteiger partial charge in [0.1, 0.15) is 0 Å². The summed E-state index contributed by atoms with van der Waals surface area (Å²) in [7, 11) is 0. The van der Waals surface area contributed by atoms with E-state index >= 15 is 0 Å². The van der Waals surface area contributed by atoms with Crippen molar-refractivity contribution in [1.29, 1.82) is 5.26 Å². The van der Waals surface area contributed by atoms with E-state index < -0.39 is 11.6 Å². The Kier molecular flexibility index (Phi) is 2.66. The van der Waals surface area contributed by atoms with Crippen LogP contribution in [0.2, 0.25) is 0 Å². The highest BCUT2D eigenvalue weighted by molar-refractivity contribution is 9.10. The minimum Gasteiger partial charge on any atom is -0.505 e. The van der Waals surface area contributed by atoms with E-state index in [4.69, 9.17) is 10.4 Å². The predicted octanol–water partition coefficient (Wildman–Crippen LogP) is 2.36. The molecule has 0 unspecified atom stereocenters. The molecule has 0 heterocycles. The zero-order chi connectivity index (χ0) is 9.14. The molecule has 0 amide bonds. The Balaban J connectivity index is 3.16. The van der Waals surface area contributed by atoms with Gasteiger partial charge in [0.2, 0.25) is 0 Å². The van der Waals surface area contributed by atoms with Crippen LogP contribution >= 0.6 is 15.9 Å². The van der Waals surface area contributed by atoms with Crippen molar-refractivity contribution in [3.63, 3.8) is 0 Å². The van der Waals surface area contributed by atoms with Gasteiger partial charge in [-0.05, 0) is 17.7 Å². The minimum absolute atomic E-state index is 0.147. The molecule has 0 aromatic heterocycles. The predicted molar refractivity (Wildman–Crippen MR) is 45.1 cm³/mol. The lowest BCUT2D eigenvalue weighted by molar-refractivity contribution is 0.431. The number of hydrogen-bond donors (Lipinski definition) is 1. The Morgan fingerprint density at radius 2 is 2.25 bits per heavy atom. The van der Waals surface area contributed by atoms with E-state index in [0.29, 0.717) is 10.0 Å². The van der Waals surface area contributed by atoms with E-state index in [0.717, 1.165) is 6.07 Å². The van der Waals surface area contributed by atoms with Crippen LogP contribution in [0, 0.1) is 17.1 Å². The molecule has 0 aliphatic carbocycles. The van der Waals surface area contributed by atoms with Crippen molar-refractivity contribution in [2.24, 2.45) is 0 Å². The summed E-state index contributed by atoms with van der Waals surface area (Å²) in [6.45, 7) is 0.